The van der Waals surface area contributed by atoms with Crippen LogP contribution in [0.3, 0.4) is 0 Å². The van der Waals surface area contributed by atoms with Crippen LogP contribution in [0.5, 0.6) is 0 Å². The molecule has 0 spiro atoms. The lowest BCUT2D eigenvalue weighted by atomic mass is 10.1. The van der Waals surface area contributed by atoms with Gasteiger partial charge < -0.3 is 14.2 Å². The summed E-state index contributed by atoms with van der Waals surface area (Å²) in [7, 11) is 3.72. The molecular weight excluding hydrogens is 264 g/mol. The molecule has 0 atom stereocenters. The monoisotopic (exact) mass is 282 g/mol. The number of allylic oxidation sites excluding steroid dienone is 3. The number of carbonyl (C=O) groups is 3. The molecule has 6 heteroatoms. The van der Waals surface area contributed by atoms with E-state index in [-0.39, 0.29) is 11.1 Å². The predicted octanol–water partition coefficient (Wildman–Crippen LogP) is 1.32. The number of ether oxygens (including phenoxy) is 3. The van der Waals surface area contributed by atoms with Gasteiger partial charge in [0.05, 0.1) is 21.3 Å². The van der Waals surface area contributed by atoms with E-state index in [2.05, 4.69) is 14.2 Å². The van der Waals surface area contributed by atoms with E-state index in [1.807, 2.05) is 0 Å². The highest BCUT2D eigenvalue weighted by Crippen LogP contribution is 2.10. The second-order valence-corrected chi connectivity index (χ2v) is 3.81. The molecule has 0 saturated heterocycles. The molecule has 6 nitrogen and oxygen atoms in total. The van der Waals surface area contributed by atoms with Gasteiger partial charge in [-0.1, -0.05) is 0 Å². The van der Waals surface area contributed by atoms with Crippen molar-refractivity contribution < 1.29 is 28.6 Å². The Bertz CT molecular complexity index is 448. The van der Waals surface area contributed by atoms with Crippen LogP contribution in [-0.2, 0) is 28.6 Å². The predicted molar refractivity (Wildman–Crippen MR) is 71.6 cm³/mol. The van der Waals surface area contributed by atoms with Crippen molar-refractivity contribution in [2.45, 2.75) is 13.8 Å². The molecule has 0 amide bonds. The highest BCUT2D eigenvalue weighted by molar-refractivity contribution is 5.92. The van der Waals surface area contributed by atoms with Gasteiger partial charge in [0, 0.05) is 17.2 Å². The smallest absolute Gasteiger partial charge is 0.333 e. The molecular formula is C14H18O6. The minimum absolute atomic E-state index is 0.275. The first kappa shape index (κ1) is 17.6. The summed E-state index contributed by atoms with van der Waals surface area (Å²) in [6.07, 6.45) is 3.98. The number of carbonyl (C=O) groups excluding carboxylic acids is 3. The zero-order valence-electron chi connectivity index (χ0n) is 12.2. The topological polar surface area (TPSA) is 78.9 Å². The van der Waals surface area contributed by atoms with Crippen LogP contribution in [0.25, 0.3) is 0 Å². The third-order valence-electron chi connectivity index (χ3n) is 2.27. The van der Waals surface area contributed by atoms with Crippen molar-refractivity contribution in [3.63, 3.8) is 0 Å². The Hall–Kier alpha value is -2.37. The second kappa shape index (κ2) is 8.68. The van der Waals surface area contributed by atoms with Gasteiger partial charge in [0.15, 0.2) is 0 Å². The summed E-state index contributed by atoms with van der Waals surface area (Å²) in [4.78, 5) is 33.9. The SMILES string of the molecule is COC(=O)C=C(/C=C(\C)C(=O)OC)/C=C(\C)C(=O)OC. The lowest BCUT2D eigenvalue weighted by molar-refractivity contribution is -0.136. The Balaban J connectivity index is 5.53. The van der Waals surface area contributed by atoms with Crippen molar-refractivity contribution >= 4 is 17.9 Å². The molecule has 0 rings (SSSR count). The summed E-state index contributed by atoms with van der Waals surface area (Å²) in [6.45, 7) is 3.05. The van der Waals surface area contributed by atoms with Gasteiger partial charge in [0.2, 0.25) is 0 Å². The average Bonchev–Trinajstić information content (AvgIpc) is 2.44. The summed E-state index contributed by atoms with van der Waals surface area (Å²) in [6, 6.07) is 0. The van der Waals surface area contributed by atoms with Crippen LogP contribution in [0.4, 0.5) is 0 Å². The van der Waals surface area contributed by atoms with Crippen LogP contribution in [0.2, 0.25) is 0 Å². The quantitative estimate of drug-likeness (QED) is 0.327. The number of esters is 3. The van der Waals surface area contributed by atoms with Crippen LogP contribution in [0.1, 0.15) is 13.8 Å². The van der Waals surface area contributed by atoms with Crippen molar-refractivity contribution in [3.8, 4) is 0 Å². The zero-order valence-corrected chi connectivity index (χ0v) is 12.2. The molecule has 0 aromatic rings. The number of rotatable bonds is 5. The third kappa shape index (κ3) is 5.99. The molecule has 0 saturated carbocycles. The Kier molecular flexibility index (Phi) is 7.65. The Morgan fingerprint density at radius 3 is 1.40 bits per heavy atom. The fraction of sp³-hybridized carbons (Fsp3) is 0.357. The molecule has 0 bridgehead atoms. The average molecular weight is 282 g/mol. The first-order valence-corrected chi connectivity index (χ1v) is 5.68. The number of hydrogen-bond acceptors (Lipinski definition) is 6. The van der Waals surface area contributed by atoms with Crippen LogP contribution in [0, 0.1) is 0 Å². The molecule has 0 N–H and O–H groups in total. The summed E-state index contributed by atoms with van der Waals surface area (Å²) in [5.41, 5.74) is 0.871. The summed E-state index contributed by atoms with van der Waals surface area (Å²) in [5.74, 6) is -1.68. The van der Waals surface area contributed by atoms with Gasteiger partial charge in [0.1, 0.15) is 0 Å². The van der Waals surface area contributed by atoms with E-state index in [0.29, 0.717) is 5.57 Å². The van der Waals surface area contributed by atoms with Gasteiger partial charge in [-0.25, -0.2) is 14.4 Å². The van der Waals surface area contributed by atoms with E-state index >= 15 is 0 Å². The molecule has 0 aliphatic rings. The molecule has 0 aromatic carbocycles. The largest absolute Gasteiger partial charge is 0.466 e. The molecule has 20 heavy (non-hydrogen) atoms. The van der Waals surface area contributed by atoms with E-state index in [4.69, 9.17) is 0 Å². The minimum atomic E-state index is -0.608. The maximum absolute atomic E-state index is 11.3. The van der Waals surface area contributed by atoms with E-state index < -0.39 is 17.9 Å². The second-order valence-electron chi connectivity index (χ2n) is 3.81. The lowest BCUT2D eigenvalue weighted by Crippen LogP contribution is -2.04. The normalized spacial score (nSPS) is 11.4. The molecule has 0 aliphatic heterocycles. The summed E-state index contributed by atoms with van der Waals surface area (Å²) >= 11 is 0. The van der Waals surface area contributed by atoms with Crippen LogP contribution >= 0.6 is 0 Å². The van der Waals surface area contributed by atoms with Gasteiger partial charge in [-0.15, -0.1) is 0 Å². The standard InChI is InChI=1S/C14H18O6/c1-9(13(16)19-4)6-11(8-12(15)18-3)7-10(2)14(17)20-5/h6-8H,1-5H3/b9-6+,10-7+. The molecule has 0 radical (unpaired) electrons. The van der Waals surface area contributed by atoms with Crippen molar-refractivity contribution in [1.29, 1.82) is 0 Å². The molecule has 0 aliphatic carbocycles. The third-order valence-corrected chi connectivity index (χ3v) is 2.27. The van der Waals surface area contributed by atoms with Gasteiger partial charge in [-0.3, -0.25) is 0 Å². The first-order valence-electron chi connectivity index (χ1n) is 5.68. The minimum Gasteiger partial charge on any atom is -0.466 e. The van der Waals surface area contributed by atoms with Gasteiger partial charge in [-0.2, -0.15) is 0 Å². The van der Waals surface area contributed by atoms with E-state index in [1.165, 1.54) is 47.3 Å². The zero-order chi connectivity index (χ0) is 15.7. The summed E-state index contributed by atoms with van der Waals surface area (Å²) < 4.78 is 13.6. The molecule has 0 fully saturated rings. The maximum atomic E-state index is 11.3. The van der Waals surface area contributed by atoms with E-state index in [0.717, 1.165) is 6.08 Å². The van der Waals surface area contributed by atoms with Crippen molar-refractivity contribution in [3.05, 3.63) is 34.9 Å². The van der Waals surface area contributed by atoms with Crippen molar-refractivity contribution in [2.75, 3.05) is 21.3 Å². The van der Waals surface area contributed by atoms with Gasteiger partial charge >= 0.3 is 17.9 Å². The van der Waals surface area contributed by atoms with Crippen LogP contribution < -0.4 is 0 Å². The first-order chi connectivity index (χ1) is 9.35. The van der Waals surface area contributed by atoms with Gasteiger partial charge in [0.25, 0.3) is 0 Å². The Morgan fingerprint density at radius 1 is 0.700 bits per heavy atom. The van der Waals surface area contributed by atoms with Crippen molar-refractivity contribution in [1.82, 2.24) is 0 Å². The van der Waals surface area contributed by atoms with Crippen LogP contribution in [-0.4, -0.2) is 39.2 Å². The van der Waals surface area contributed by atoms with E-state index in [1.54, 1.807) is 0 Å². The van der Waals surface area contributed by atoms with Crippen LogP contribution in [0.15, 0.2) is 34.9 Å². The molecule has 0 heterocycles. The number of methoxy groups -OCH3 is 3. The fourth-order valence-corrected chi connectivity index (χ4v) is 1.26. The highest BCUT2D eigenvalue weighted by atomic mass is 16.5. The Morgan fingerprint density at radius 2 is 1.10 bits per heavy atom. The molecule has 0 aromatic heterocycles. The van der Waals surface area contributed by atoms with E-state index in [9.17, 15) is 14.4 Å². The molecule has 0 unspecified atom stereocenters. The fourth-order valence-electron chi connectivity index (χ4n) is 1.26. The number of hydrogen-bond donors (Lipinski definition) is 0. The maximum Gasteiger partial charge on any atom is 0.333 e. The summed E-state index contributed by atoms with van der Waals surface area (Å²) in [5, 5.41) is 0. The highest BCUT2D eigenvalue weighted by Gasteiger charge is 2.08. The van der Waals surface area contributed by atoms with Crippen molar-refractivity contribution in [2.24, 2.45) is 0 Å². The Labute approximate surface area is 117 Å². The molecule has 110 valence electrons. The van der Waals surface area contributed by atoms with Gasteiger partial charge in [-0.05, 0) is 31.6 Å². The lowest BCUT2D eigenvalue weighted by Gasteiger charge is -2.02.